The van der Waals surface area contributed by atoms with Crippen LogP contribution in [0.4, 0.5) is 11.4 Å². The summed E-state index contributed by atoms with van der Waals surface area (Å²) in [5, 5.41) is 11.6. The SMILES string of the molecule is C=CC1(c2ccc(NC(=C)C(NC(=C)c3ccnn3C)C3CCCCC(C)C3)cc2N)CCCC1. The fourth-order valence-corrected chi connectivity index (χ4v) is 6.32. The molecule has 2 fully saturated rings. The van der Waals surface area contributed by atoms with Gasteiger partial charge in [0.05, 0.1) is 17.4 Å². The van der Waals surface area contributed by atoms with Crippen molar-refractivity contribution < 1.29 is 0 Å². The lowest BCUT2D eigenvalue weighted by molar-refractivity contribution is 0.341. The molecule has 0 radical (unpaired) electrons. The zero-order valence-corrected chi connectivity index (χ0v) is 21.7. The quantitative estimate of drug-likeness (QED) is 0.213. The average Bonchev–Trinajstić information content (AvgIpc) is 3.43. The van der Waals surface area contributed by atoms with Gasteiger partial charge in [-0.1, -0.05) is 64.3 Å². The van der Waals surface area contributed by atoms with Gasteiger partial charge in [0.2, 0.25) is 0 Å². The summed E-state index contributed by atoms with van der Waals surface area (Å²) in [6.07, 6.45) is 14.9. The Morgan fingerprint density at radius 2 is 1.91 bits per heavy atom. The van der Waals surface area contributed by atoms with Crippen molar-refractivity contribution in [3.63, 3.8) is 0 Å². The Hall–Kier alpha value is -2.95. The number of anilines is 2. The highest BCUT2D eigenvalue weighted by molar-refractivity contribution is 5.64. The second-order valence-corrected chi connectivity index (χ2v) is 10.8. The molecule has 35 heavy (non-hydrogen) atoms. The number of nitrogens with zero attached hydrogens (tertiary/aromatic N) is 2. The lowest BCUT2D eigenvalue weighted by Crippen LogP contribution is -2.39. The summed E-state index contributed by atoms with van der Waals surface area (Å²) >= 11 is 0. The maximum atomic E-state index is 6.60. The Bertz CT molecular complexity index is 1060. The van der Waals surface area contributed by atoms with Crippen LogP contribution >= 0.6 is 0 Å². The molecule has 0 saturated heterocycles. The molecule has 4 N–H and O–H groups in total. The topological polar surface area (TPSA) is 67.9 Å². The highest BCUT2D eigenvalue weighted by Gasteiger charge is 2.34. The first-order chi connectivity index (χ1) is 16.8. The van der Waals surface area contributed by atoms with Gasteiger partial charge in [-0.2, -0.15) is 5.10 Å². The van der Waals surface area contributed by atoms with Crippen LogP contribution in [-0.2, 0) is 12.5 Å². The number of allylic oxidation sites excluding steroid dienone is 1. The van der Waals surface area contributed by atoms with Gasteiger partial charge in [-0.3, -0.25) is 4.68 Å². The molecule has 0 bridgehead atoms. The van der Waals surface area contributed by atoms with Gasteiger partial charge in [0.15, 0.2) is 0 Å². The van der Waals surface area contributed by atoms with E-state index in [0.29, 0.717) is 11.8 Å². The highest BCUT2D eigenvalue weighted by Crippen LogP contribution is 2.45. The number of benzene rings is 1. The molecule has 2 aliphatic rings. The molecule has 1 heterocycles. The van der Waals surface area contributed by atoms with Crippen LogP contribution in [0.15, 0.2) is 62.0 Å². The van der Waals surface area contributed by atoms with Crippen LogP contribution < -0.4 is 16.4 Å². The monoisotopic (exact) mass is 473 g/mol. The van der Waals surface area contributed by atoms with Gasteiger partial charge in [-0.05, 0) is 61.3 Å². The minimum Gasteiger partial charge on any atom is -0.398 e. The zero-order chi connectivity index (χ0) is 25.0. The highest BCUT2D eigenvalue weighted by atomic mass is 15.3. The molecule has 2 saturated carbocycles. The number of hydrogen-bond acceptors (Lipinski definition) is 4. The first kappa shape index (κ1) is 25.2. The minimum absolute atomic E-state index is 0.0149. The fourth-order valence-electron chi connectivity index (χ4n) is 6.32. The van der Waals surface area contributed by atoms with E-state index in [2.05, 4.69) is 66.7 Å². The van der Waals surface area contributed by atoms with E-state index in [9.17, 15) is 0 Å². The molecule has 1 aromatic heterocycles. The summed E-state index contributed by atoms with van der Waals surface area (Å²) in [7, 11) is 1.95. The van der Waals surface area contributed by atoms with Crippen LogP contribution in [0.2, 0.25) is 0 Å². The van der Waals surface area contributed by atoms with Crippen LogP contribution in [0.5, 0.6) is 0 Å². The Balaban J connectivity index is 1.55. The zero-order valence-electron chi connectivity index (χ0n) is 21.7. The van der Waals surface area contributed by atoms with Gasteiger partial charge < -0.3 is 16.4 Å². The van der Waals surface area contributed by atoms with Crippen molar-refractivity contribution in [1.29, 1.82) is 0 Å². The molecule has 2 aliphatic carbocycles. The molecule has 4 rings (SSSR count). The van der Waals surface area contributed by atoms with Gasteiger partial charge in [0.1, 0.15) is 0 Å². The number of aryl methyl sites for hydroxylation is 1. The third kappa shape index (κ3) is 5.50. The predicted molar refractivity (Wildman–Crippen MR) is 149 cm³/mol. The molecule has 5 heteroatoms. The Kier molecular flexibility index (Phi) is 7.73. The van der Waals surface area contributed by atoms with Crippen LogP contribution in [-0.4, -0.2) is 15.8 Å². The summed E-state index contributed by atoms with van der Waals surface area (Å²) in [6, 6.07) is 8.45. The van der Waals surface area contributed by atoms with Crippen molar-refractivity contribution in [3.8, 4) is 0 Å². The van der Waals surface area contributed by atoms with E-state index in [1.807, 2.05) is 24.0 Å². The number of nitrogen functional groups attached to an aromatic ring is 1. The summed E-state index contributed by atoms with van der Waals surface area (Å²) < 4.78 is 1.86. The van der Waals surface area contributed by atoms with E-state index in [1.165, 1.54) is 50.5 Å². The number of nitrogens with one attached hydrogen (secondary N) is 2. The first-order valence-electron chi connectivity index (χ1n) is 13.3. The van der Waals surface area contributed by atoms with Crippen LogP contribution in [0.25, 0.3) is 5.70 Å². The molecule has 2 aromatic rings. The van der Waals surface area contributed by atoms with E-state index >= 15 is 0 Å². The van der Waals surface area contributed by atoms with Crippen molar-refractivity contribution in [3.05, 3.63) is 73.2 Å². The molecule has 0 amide bonds. The molecule has 3 atom stereocenters. The summed E-state index contributed by atoms with van der Waals surface area (Å²) in [6.45, 7) is 15.4. The lowest BCUT2D eigenvalue weighted by Gasteiger charge is -2.32. The summed E-state index contributed by atoms with van der Waals surface area (Å²) in [4.78, 5) is 0. The van der Waals surface area contributed by atoms with E-state index < -0.39 is 0 Å². The molecule has 0 spiro atoms. The summed E-state index contributed by atoms with van der Waals surface area (Å²) in [5.74, 6) is 1.19. The smallest absolute Gasteiger partial charge is 0.0831 e. The third-order valence-corrected chi connectivity index (χ3v) is 8.31. The number of rotatable bonds is 9. The minimum atomic E-state index is 0.0149. The van der Waals surface area contributed by atoms with Crippen LogP contribution in [0.3, 0.4) is 0 Å². The van der Waals surface area contributed by atoms with Crippen molar-refractivity contribution >= 4 is 17.1 Å². The van der Waals surface area contributed by atoms with E-state index in [0.717, 1.165) is 41.3 Å². The van der Waals surface area contributed by atoms with Crippen molar-refractivity contribution in [2.45, 2.75) is 76.2 Å². The fraction of sp³-hybridized carbons (Fsp3) is 0.500. The molecule has 1 aromatic carbocycles. The second kappa shape index (κ2) is 10.8. The van der Waals surface area contributed by atoms with Crippen LogP contribution in [0.1, 0.15) is 76.0 Å². The van der Waals surface area contributed by atoms with Gasteiger partial charge in [0, 0.05) is 35.7 Å². The Morgan fingerprint density at radius 1 is 1.17 bits per heavy atom. The summed E-state index contributed by atoms with van der Waals surface area (Å²) in [5.41, 5.74) is 12.5. The predicted octanol–water partition coefficient (Wildman–Crippen LogP) is 6.77. The standard InChI is InChI=1S/C30H43N5/c1-6-30(16-9-10-17-30)26-14-13-25(20-27(26)31)33-23(4)29(24-12-8-7-11-21(2)19-24)34-22(3)28-15-18-32-35(28)5/h6,13-15,18,20-21,24,29,33-34H,1,3-4,7-12,16-17,19,31H2,2,5H3. The average molecular weight is 474 g/mol. The van der Waals surface area contributed by atoms with Gasteiger partial charge in [0.25, 0.3) is 0 Å². The lowest BCUT2D eigenvalue weighted by atomic mass is 9.78. The Morgan fingerprint density at radius 3 is 2.57 bits per heavy atom. The second-order valence-electron chi connectivity index (χ2n) is 10.8. The van der Waals surface area contributed by atoms with Gasteiger partial charge >= 0.3 is 0 Å². The van der Waals surface area contributed by atoms with E-state index in [4.69, 9.17) is 5.73 Å². The largest absolute Gasteiger partial charge is 0.398 e. The van der Waals surface area contributed by atoms with Crippen LogP contribution in [0, 0.1) is 11.8 Å². The third-order valence-electron chi connectivity index (χ3n) is 8.31. The number of hydrogen-bond donors (Lipinski definition) is 3. The molecule has 3 unspecified atom stereocenters. The van der Waals surface area contributed by atoms with Gasteiger partial charge in [-0.15, -0.1) is 6.58 Å². The molecular formula is C30H43N5. The van der Waals surface area contributed by atoms with E-state index in [-0.39, 0.29) is 11.5 Å². The maximum absolute atomic E-state index is 6.60. The molecular weight excluding hydrogens is 430 g/mol. The first-order valence-corrected chi connectivity index (χ1v) is 13.3. The van der Waals surface area contributed by atoms with Crippen molar-refractivity contribution in [2.75, 3.05) is 11.1 Å². The van der Waals surface area contributed by atoms with Gasteiger partial charge in [-0.25, -0.2) is 0 Å². The van der Waals surface area contributed by atoms with E-state index in [1.54, 1.807) is 0 Å². The maximum Gasteiger partial charge on any atom is 0.0831 e. The van der Waals surface area contributed by atoms with Crippen molar-refractivity contribution in [2.24, 2.45) is 18.9 Å². The normalized spacial score (nSPS) is 22.7. The molecule has 5 nitrogen and oxygen atoms in total. The number of aromatic nitrogens is 2. The molecule has 0 aliphatic heterocycles. The Labute approximate surface area is 211 Å². The molecule has 188 valence electrons. The number of nitrogens with two attached hydrogens (primary N) is 1. The van der Waals surface area contributed by atoms with Crippen molar-refractivity contribution in [1.82, 2.24) is 15.1 Å².